The van der Waals surface area contributed by atoms with Gasteiger partial charge in [-0.2, -0.15) is 0 Å². The lowest BCUT2D eigenvalue weighted by Gasteiger charge is -2.46. The number of rotatable bonds is 5. The van der Waals surface area contributed by atoms with Crippen LogP contribution in [0.3, 0.4) is 0 Å². The molecule has 0 atom stereocenters. The molecule has 0 radical (unpaired) electrons. The molecule has 0 bridgehead atoms. The van der Waals surface area contributed by atoms with Gasteiger partial charge in [0, 0.05) is 36.3 Å². The Hall–Kier alpha value is -1.62. The predicted molar refractivity (Wildman–Crippen MR) is 86.9 cm³/mol. The molecule has 1 aliphatic heterocycles. The summed E-state index contributed by atoms with van der Waals surface area (Å²) in [7, 11) is 0. The van der Waals surface area contributed by atoms with Crippen LogP contribution in [-0.2, 0) is 11.3 Å². The summed E-state index contributed by atoms with van der Waals surface area (Å²) in [6, 6.07) is 3.76. The van der Waals surface area contributed by atoms with Gasteiger partial charge in [0.2, 0.25) is 5.91 Å². The molecule has 5 heteroatoms. The number of aryl methyl sites for hydroxylation is 1. The summed E-state index contributed by atoms with van der Waals surface area (Å²) < 4.78 is 1.81. The number of nitrogens with zero attached hydrogens (tertiary/aromatic N) is 1. The number of aromatic nitrogens is 1. The first kappa shape index (κ1) is 16.7. The molecule has 0 saturated carbocycles. The maximum Gasteiger partial charge on any atom is 0.222 e. The van der Waals surface area contributed by atoms with Crippen LogP contribution in [0.5, 0.6) is 0 Å². The normalized spacial score (nSPS) is 20.5. The number of nitrogens with one attached hydrogen (secondary N) is 2. The van der Waals surface area contributed by atoms with Crippen LogP contribution in [0.4, 0.5) is 0 Å². The van der Waals surface area contributed by atoms with Crippen molar-refractivity contribution in [2.75, 3.05) is 0 Å². The Bertz CT molecular complexity index is 530. The Kier molecular flexibility index (Phi) is 4.75. The minimum Gasteiger partial charge on any atom is -0.353 e. The Morgan fingerprint density at radius 3 is 2.59 bits per heavy atom. The lowest BCUT2D eigenvalue weighted by Crippen LogP contribution is -2.62. The number of carbonyl (C=O) groups excluding carboxylic acids is 2. The second-order valence-corrected chi connectivity index (χ2v) is 7.56. The van der Waals surface area contributed by atoms with Crippen molar-refractivity contribution in [2.24, 2.45) is 0 Å². The fourth-order valence-electron chi connectivity index (χ4n) is 3.68. The maximum atomic E-state index is 12.2. The monoisotopic (exact) mass is 305 g/mol. The molecule has 0 spiro atoms. The molecule has 0 aromatic carbocycles. The molecule has 5 nitrogen and oxygen atoms in total. The maximum absolute atomic E-state index is 12.2. The van der Waals surface area contributed by atoms with Crippen LogP contribution in [0.2, 0.25) is 0 Å². The van der Waals surface area contributed by atoms with E-state index in [4.69, 9.17) is 0 Å². The van der Waals surface area contributed by atoms with Gasteiger partial charge in [0.1, 0.15) is 0 Å². The molecule has 1 aliphatic rings. The Morgan fingerprint density at radius 1 is 1.36 bits per heavy atom. The second kappa shape index (κ2) is 6.24. The van der Waals surface area contributed by atoms with Gasteiger partial charge in [-0.25, -0.2) is 0 Å². The fourth-order valence-corrected chi connectivity index (χ4v) is 3.68. The zero-order chi connectivity index (χ0) is 16.4. The SMILES string of the molecule is CC1(C)CC(NC(=O)CCn2cccc2C=O)CC(C)(C)N1. The minimum atomic E-state index is 0.0187. The molecule has 1 aromatic rings. The molecular weight excluding hydrogens is 278 g/mol. The van der Waals surface area contributed by atoms with Crippen molar-refractivity contribution < 1.29 is 9.59 Å². The summed E-state index contributed by atoms with van der Waals surface area (Å²) in [5.41, 5.74) is 0.646. The Labute approximate surface area is 132 Å². The van der Waals surface area contributed by atoms with E-state index in [1.807, 2.05) is 16.8 Å². The zero-order valence-electron chi connectivity index (χ0n) is 14.0. The number of aldehydes is 1. The summed E-state index contributed by atoms with van der Waals surface area (Å²) in [6.45, 7) is 9.21. The Morgan fingerprint density at radius 2 is 2.00 bits per heavy atom. The molecule has 2 N–H and O–H groups in total. The molecule has 2 rings (SSSR count). The van der Waals surface area contributed by atoms with Crippen molar-refractivity contribution in [2.45, 2.75) is 70.6 Å². The van der Waals surface area contributed by atoms with Gasteiger partial charge in [0.05, 0.1) is 5.69 Å². The first-order valence-electron chi connectivity index (χ1n) is 7.90. The highest BCUT2D eigenvalue weighted by Crippen LogP contribution is 2.28. The van der Waals surface area contributed by atoms with E-state index >= 15 is 0 Å². The first-order chi connectivity index (χ1) is 10.2. The first-order valence-corrected chi connectivity index (χ1v) is 7.90. The number of hydrogen-bond acceptors (Lipinski definition) is 3. The smallest absolute Gasteiger partial charge is 0.222 e. The van der Waals surface area contributed by atoms with Gasteiger partial charge >= 0.3 is 0 Å². The predicted octanol–water partition coefficient (Wildman–Crippen LogP) is 2.12. The van der Waals surface area contributed by atoms with Crippen molar-refractivity contribution in [3.63, 3.8) is 0 Å². The molecule has 0 unspecified atom stereocenters. The van der Waals surface area contributed by atoms with E-state index in [1.165, 1.54) is 0 Å². The van der Waals surface area contributed by atoms with E-state index in [9.17, 15) is 9.59 Å². The molecule has 0 aliphatic carbocycles. The number of piperidine rings is 1. The quantitative estimate of drug-likeness (QED) is 0.819. The van der Waals surface area contributed by atoms with Crippen molar-refractivity contribution in [1.29, 1.82) is 0 Å². The second-order valence-electron chi connectivity index (χ2n) is 7.56. The third kappa shape index (κ3) is 4.44. The Balaban J connectivity index is 1.88. The van der Waals surface area contributed by atoms with Crippen LogP contribution < -0.4 is 10.6 Å². The highest BCUT2D eigenvalue weighted by Gasteiger charge is 2.38. The van der Waals surface area contributed by atoms with E-state index in [-0.39, 0.29) is 23.0 Å². The summed E-state index contributed by atoms with van der Waals surface area (Å²) in [5, 5.41) is 6.76. The van der Waals surface area contributed by atoms with Gasteiger partial charge in [-0.3, -0.25) is 9.59 Å². The molecule has 22 heavy (non-hydrogen) atoms. The summed E-state index contributed by atoms with van der Waals surface area (Å²) >= 11 is 0. The number of amides is 1. The third-order valence-corrected chi connectivity index (χ3v) is 4.12. The molecule has 1 fully saturated rings. The van der Waals surface area contributed by atoms with Crippen molar-refractivity contribution in [3.05, 3.63) is 24.0 Å². The molecule has 1 saturated heterocycles. The molecule has 122 valence electrons. The summed E-state index contributed by atoms with van der Waals surface area (Å²) in [6.07, 6.45) is 4.88. The van der Waals surface area contributed by atoms with Crippen molar-refractivity contribution in [3.8, 4) is 0 Å². The average Bonchev–Trinajstić information content (AvgIpc) is 2.79. The van der Waals surface area contributed by atoms with E-state index in [0.29, 0.717) is 18.7 Å². The highest BCUT2D eigenvalue weighted by atomic mass is 16.1. The van der Waals surface area contributed by atoms with Crippen LogP contribution in [0.1, 0.15) is 57.4 Å². The number of hydrogen-bond donors (Lipinski definition) is 2. The van der Waals surface area contributed by atoms with Gasteiger partial charge < -0.3 is 15.2 Å². The van der Waals surface area contributed by atoms with Gasteiger partial charge in [-0.05, 0) is 52.7 Å². The zero-order valence-corrected chi connectivity index (χ0v) is 14.0. The van der Waals surface area contributed by atoms with Gasteiger partial charge in [0.25, 0.3) is 0 Å². The van der Waals surface area contributed by atoms with Gasteiger partial charge in [-0.1, -0.05) is 0 Å². The molecular formula is C17H27N3O2. The molecule has 1 aromatic heterocycles. The highest BCUT2D eigenvalue weighted by molar-refractivity contribution is 5.76. The van der Waals surface area contributed by atoms with E-state index < -0.39 is 0 Å². The van der Waals surface area contributed by atoms with E-state index in [0.717, 1.165) is 19.1 Å². The van der Waals surface area contributed by atoms with E-state index in [2.05, 4.69) is 38.3 Å². The lowest BCUT2D eigenvalue weighted by molar-refractivity contribution is -0.122. The topological polar surface area (TPSA) is 63.1 Å². The van der Waals surface area contributed by atoms with E-state index in [1.54, 1.807) is 6.07 Å². The van der Waals surface area contributed by atoms with Crippen molar-refractivity contribution in [1.82, 2.24) is 15.2 Å². The van der Waals surface area contributed by atoms with Crippen LogP contribution >= 0.6 is 0 Å². The lowest BCUT2D eigenvalue weighted by atomic mass is 9.79. The van der Waals surface area contributed by atoms with Gasteiger partial charge in [0.15, 0.2) is 6.29 Å². The van der Waals surface area contributed by atoms with Crippen LogP contribution in [0.15, 0.2) is 18.3 Å². The van der Waals surface area contributed by atoms with Gasteiger partial charge in [-0.15, -0.1) is 0 Å². The largest absolute Gasteiger partial charge is 0.353 e. The van der Waals surface area contributed by atoms with Crippen LogP contribution in [0.25, 0.3) is 0 Å². The number of carbonyl (C=O) groups is 2. The summed E-state index contributed by atoms with van der Waals surface area (Å²) in [5.74, 6) is 0.0454. The summed E-state index contributed by atoms with van der Waals surface area (Å²) in [4.78, 5) is 23.1. The fraction of sp³-hybridized carbons (Fsp3) is 0.647. The average molecular weight is 305 g/mol. The standard InChI is InChI=1S/C17H27N3O2/c1-16(2)10-13(11-17(3,4)19-16)18-15(22)7-9-20-8-5-6-14(20)12-21/h5-6,8,12-13,19H,7,9-11H2,1-4H3,(H,18,22). The molecule has 2 heterocycles. The minimum absolute atomic E-state index is 0.0187. The van der Waals surface area contributed by atoms with Crippen LogP contribution in [-0.4, -0.2) is 33.9 Å². The molecule has 1 amide bonds. The van der Waals surface area contributed by atoms with Crippen LogP contribution in [0, 0.1) is 0 Å². The third-order valence-electron chi connectivity index (χ3n) is 4.12. The van der Waals surface area contributed by atoms with Crippen molar-refractivity contribution >= 4 is 12.2 Å².